The minimum Gasteiger partial charge on any atom is -0.497 e. The van der Waals surface area contributed by atoms with Crippen LogP contribution in [0.25, 0.3) is 0 Å². The first kappa shape index (κ1) is 24.7. The van der Waals surface area contributed by atoms with Crippen LogP contribution in [0.1, 0.15) is 51.1 Å². The molecule has 1 fully saturated rings. The van der Waals surface area contributed by atoms with Crippen LogP contribution in [-0.4, -0.2) is 52.5 Å². The summed E-state index contributed by atoms with van der Waals surface area (Å²) >= 11 is 0.944. The molecule has 1 atom stereocenters. The standard InChI is InChI=1S/C25H28F2N8O2S/c1-37-14-3-2-13-9-24(19(28)15(13)8-14)4-6-34(7-5-24)17-10-31-18(21(29)32-17)22(36)35-11-16-20(25(26,27)12-35)33-23(30)38-16/h2-3,8,10,19H,4-7,9,11-12,28H2,1H3,(H2,29,32)(H2,30,33)/t19-/m1/s1. The number of carbonyl (C=O) groups is 1. The molecule has 3 aliphatic rings. The number of rotatable bonds is 3. The van der Waals surface area contributed by atoms with Crippen molar-refractivity contribution in [2.24, 2.45) is 11.1 Å². The Morgan fingerprint density at radius 3 is 2.68 bits per heavy atom. The predicted molar refractivity (Wildman–Crippen MR) is 139 cm³/mol. The number of anilines is 3. The Labute approximate surface area is 221 Å². The number of ether oxygens (including phenoxy) is 1. The van der Waals surface area contributed by atoms with E-state index >= 15 is 0 Å². The Balaban J connectivity index is 1.15. The van der Waals surface area contributed by atoms with Crippen molar-refractivity contribution in [3.8, 4) is 5.75 Å². The smallest absolute Gasteiger partial charge is 0.308 e. The summed E-state index contributed by atoms with van der Waals surface area (Å²) < 4.78 is 34.6. The number of nitrogens with zero attached hydrogens (tertiary/aromatic N) is 5. The average molecular weight is 543 g/mol. The average Bonchev–Trinajstić information content (AvgIpc) is 3.41. The first-order valence-electron chi connectivity index (χ1n) is 12.3. The lowest BCUT2D eigenvalue weighted by Gasteiger charge is -2.42. The van der Waals surface area contributed by atoms with Gasteiger partial charge in [0, 0.05) is 19.1 Å². The third-order valence-electron chi connectivity index (χ3n) is 8.03. The number of nitrogen functional groups attached to an aromatic ring is 2. The number of thiazole rings is 1. The van der Waals surface area contributed by atoms with Crippen LogP contribution in [0.5, 0.6) is 5.75 Å². The number of carbonyl (C=O) groups excluding carboxylic acids is 1. The quantitative estimate of drug-likeness (QED) is 0.454. The molecule has 0 bridgehead atoms. The molecule has 3 aromatic rings. The van der Waals surface area contributed by atoms with Crippen LogP contribution in [0.4, 0.5) is 25.5 Å². The molecule has 1 aromatic carbocycles. The number of halogens is 2. The second-order valence-electron chi connectivity index (χ2n) is 10.2. The minimum absolute atomic E-state index is 0.0375. The zero-order chi connectivity index (χ0) is 26.8. The molecule has 2 aliphatic heterocycles. The highest BCUT2D eigenvalue weighted by atomic mass is 32.1. The Bertz CT molecular complexity index is 1420. The van der Waals surface area contributed by atoms with Crippen LogP contribution in [0.2, 0.25) is 0 Å². The second kappa shape index (κ2) is 8.73. The summed E-state index contributed by atoms with van der Waals surface area (Å²) in [4.78, 5) is 28.8. The molecule has 200 valence electrons. The van der Waals surface area contributed by atoms with E-state index in [1.165, 1.54) is 11.8 Å². The number of hydrogen-bond acceptors (Lipinski definition) is 10. The summed E-state index contributed by atoms with van der Waals surface area (Å²) in [6.45, 7) is 0.542. The summed E-state index contributed by atoms with van der Waals surface area (Å²) in [5, 5.41) is 0.0399. The Morgan fingerprint density at radius 2 is 1.97 bits per heavy atom. The molecule has 0 radical (unpaired) electrons. The Morgan fingerprint density at radius 1 is 1.21 bits per heavy atom. The molecule has 38 heavy (non-hydrogen) atoms. The van der Waals surface area contributed by atoms with Gasteiger partial charge in [0.25, 0.3) is 5.91 Å². The van der Waals surface area contributed by atoms with E-state index in [0.29, 0.717) is 18.9 Å². The molecule has 1 amide bonds. The van der Waals surface area contributed by atoms with Crippen LogP contribution >= 0.6 is 11.3 Å². The number of alkyl halides is 2. The Hall–Kier alpha value is -3.58. The molecular formula is C25H28F2N8O2S. The number of benzene rings is 1. The molecular weight excluding hydrogens is 514 g/mol. The van der Waals surface area contributed by atoms with Gasteiger partial charge in [-0.1, -0.05) is 17.4 Å². The fraction of sp³-hybridized carbons (Fsp3) is 0.440. The fourth-order valence-electron chi connectivity index (χ4n) is 5.95. The number of methoxy groups -OCH3 is 1. The summed E-state index contributed by atoms with van der Waals surface area (Å²) in [5.74, 6) is -2.76. The molecule has 1 spiro atoms. The first-order chi connectivity index (χ1) is 18.1. The van der Waals surface area contributed by atoms with Crippen molar-refractivity contribution in [2.75, 3.05) is 43.1 Å². The number of aromatic nitrogens is 3. The maximum absolute atomic E-state index is 14.6. The minimum atomic E-state index is -3.31. The van der Waals surface area contributed by atoms with Crippen molar-refractivity contribution in [1.82, 2.24) is 19.9 Å². The van der Waals surface area contributed by atoms with E-state index in [9.17, 15) is 13.6 Å². The molecule has 4 heterocycles. The highest BCUT2D eigenvalue weighted by Crippen LogP contribution is 2.51. The lowest BCUT2D eigenvalue weighted by molar-refractivity contribution is -0.0478. The lowest BCUT2D eigenvalue weighted by atomic mass is 9.73. The maximum Gasteiger partial charge on any atom is 0.308 e. The molecule has 2 aromatic heterocycles. The SMILES string of the molecule is COc1ccc2c(c1)[C@@H](N)C1(CCN(c3cnc(C(=O)N4Cc5sc(N)nc5C(F)(F)C4)c(N)n3)CC1)C2. The molecule has 6 rings (SSSR count). The van der Waals surface area contributed by atoms with Gasteiger partial charge >= 0.3 is 5.92 Å². The van der Waals surface area contributed by atoms with Crippen molar-refractivity contribution in [3.63, 3.8) is 0 Å². The summed E-state index contributed by atoms with van der Waals surface area (Å²) in [6.07, 6.45) is 4.11. The van der Waals surface area contributed by atoms with Crippen LogP contribution < -0.4 is 26.8 Å². The van der Waals surface area contributed by atoms with Crippen LogP contribution in [0, 0.1) is 5.41 Å². The number of nitrogens with two attached hydrogens (primary N) is 3. The van der Waals surface area contributed by atoms with E-state index < -0.39 is 18.4 Å². The molecule has 1 aliphatic carbocycles. The van der Waals surface area contributed by atoms with E-state index in [2.05, 4.69) is 25.9 Å². The summed E-state index contributed by atoms with van der Waals surface area (Å²) in [7, 11) is 1.65. The lowest BCUT2D eigenvalue weighted by Crippen LogP contribution is -2.45. The van der Waals surface area contributed by atoms with Gasteiger partial charge in [0.05, 0.1) is 31.3 Å². The highest BCUT2D eigenvalue weighted by molar-refractivity contribution is 7.15. The van der Waals surface area contributed by atoms with Gasteiger partial charge in [-0.3, -0.25) is 4.79 Å². The topological polar surface area (TPSA) is 150 Å². The van der Waals surface area contributed by atoms with E-state index in [-0.39, 0.29) is 45.2 Å². The maximum atomic E-state index is 14.6. The van der Waals surface area contributed by atoms with Gasteiger partial charge in [0.1, 0.15) is 17.3 Å². The van der Waals surface area contributed by atoms with Gasteiger partial charge in [-0.2, -0.15) is 8.78 Å². The molecule has 13 heteroatoms. The second-order valence-corrected chi connectivity index (χ2v) is 11.3. The van der Waals surface area contributed by atoms with Crippen molar-refractivity contribution >= 4 is 34.0 Å². The van der Waals surface area contributed by atoms with E-state index in [1.54, 1.807) is 7.11 Å². The van der Waals surface area contributed by atoms with Crippen molar-refractivity contribution in [1.29, 1.82) is 0 Å². The fourth-order valence-corrected chi connectivity index (χ4v) is 6.85. The summed E-state index contributed by atoms with van der Waals surface area (Å²) in [5.41, 5.74) is 20.3. The van der Waals surface area contributed by atoms with Gasteiger partial charge in [0.15, 0.2) is 16.6 Å². The van der Waals surface area contributed by atoms with Gasteiger partial charge in [-0.05, 0) is 47.9 Å². The van der Waals surface area contributed by atoms with Crippen LogP contribution in [0.15, 0.2) is 24.4 Å². The van der Waals surface area contributed by atoms with E-state index in [1.807, 2.05) is 12.1 Å². The van der Waals surface area contributed by atoms with Crippen molar-refractivity contribution < 1.29 is 18.3 Å². The molecule has 6 N–H and O–H groups in total. The van der Waals surface area contributed by atoms with Crippen LogP contribution in [-0.2, 0) is 18.9 Å². The van der Waals surface area contributed by atoms with Gasteiger partial charge in [-0.25, -0.2) is 15.0 Å². The number of fused-ring (bicyclic) bond motifs is 2. The van der Waals surface area contributed by atoms with E-state index in [0.717, 1.165) is 46.8 Å². The Kier molecular flexibility index (Phi) is 5.69. The number of amides is 1. The largest absolute Gasteiger partial charge is 0.497 e. The van der Waals surface area contributed by atoms with Crippen molar-refractivity contribution in [2.45, 2.75) is 37.8 Å². The van der Waals surface area contributed by atoms with Gasteiger partial charge in [-0.15, -0.1) is 0 Å². The zero-order valence-electron chi connectivity index (χ0n) is 20.8. The normalized spacial score (nSPS) is 21.3. The third kappa shape index (κ3) is 3.91. The van der Waals surface area contributed by atoms with Gasteiger partial charge < -0.3 is 31.7 Å². The van der Waals surface area contributed by atoms with E-state index in [4.69, 9.17) is 21.9 Å². The predicted octanol–water partition coefficient (Wildman–Crippen LogP) is 2.70. The molecule has 10 nitrogen and oxygen atoms in total. The third-order valence-corrected chi connectivity index (χ3v) is 8.90. The van der Waals surface area contributed by atoms with Crippen molar-refractivity contribution in [3.05, 3.63) is 51.8 Å². The first-order valence-corrected chi connectivity index (χ1v) is 13.1. The molecule has 1 saturated heterocycles. The number of hydrogen-bond donors (Lipinski definition) is 3. The van der Waals surface area contributed by atoms with Crippen LogP contribution in [0.3, 0.4) is 0 Å². The zero-order valence-corrected chi connectivity index (χ0v) is 21.6. The number of piperidine rings is 1. The van der Waals surface area contributed by atoms with Gasteiger partial charge in [0.2, 0.25) is 0 Å². The molecule has 0 saturated carbocycles. The monoisotopic (exact) mass is 542 g/mol. The molecule has 0 unspecified atom stereocenters. The highest BCUT2D eigenvalue weighted by Gasteiger charge is 2.47. The summed E-state index contributed by atoms with van der Waals surface area (Å²) in [6, 6.07) is 6.02.